The average Bonchev–Trinajstić information content (AvgIpc) is 3.49. The minimum Gasteiger partial charge on any atom is -1.00 e. The van der Waals surface area contributed by atoms with Gasteiger partial charge in [-0.05, 0) is 18.4 Å². The molecule has 0 amide bonds. The second-order valence-electron chi connectivity index (χ2n) is 9.32. The molecule has 6 rings (SSSR count). The first kappa shape index (κ1) is 32.4. The van der Waals surface area contributed by atoms with Crippen molar-refractivity contribution in [3.63, 3.8) is 0 Å². The summed E-state index contributed by atoms with van der Waals surface area (Å²) in [6, 6.07) is 38.5. The Balaban J connectivity index is 0.000000273. The molecule has 0 N–H and O–H groups in total. The monoisotopic (exact) mass is 628 g/mol. The van der Waals surface area contributed by atoms with Gasteiger partial charge in [-0.25, -0.2) is 0 Å². The number of benzene rings is 4. The minimum atomic E-state index is 0. The topological polar surface area (TPSA) is 0 Å². The molecular formula is C34H32Cl2SiZr. The SMILES string of the molecule is CCCCc1cc2c(-c3ccccc3)c(CCC)ccc2[cH-]1.[Cl-].[Cl-].[Zr+4].[c-]1cccc2c1[Si]c1ccccc1-2. The van der Waals surface area contributed by atoms with E-state index in [1.165, 1.54) is 80.2 Å². The summed E-state index contributed by atoms with van der Waals surface area (Å²) in [7, 11) is 0.795. The van der Waals surface area contributed by atoms with Gasteiger partial charge in [-0.15, -0.1) is 40.1 Å². The molecule has 0 saturated heterocycles. The van der Waals surface area contributed by atoms with E-state index in [-0.39, 0.29) is 51.0 Å². The van der Waals surface area contributed by atoms with Crippen LogP contribution in [0.4, 0.5) is 0 Å². The number of halogens is 2. The molecule has 0 nitrogen and oxygen atoms in total. The number of hydrogen-bond acceptors (Lipinski definition) is 0. The number of fused-ring (bicyclic) bond motifs is 4. The van der Waals surface area contributed by atoms with Crippen LogP contribution in [-0.2, 0) is 39.0 Å². The Morgan fingerprint density at radius 2 is 1.50 bits per heavy atom. The molecule has 2 radical (unpaired) electrons. The Hall–Kier alpha value is -1.83. The van der Waals surface area contributed by atoms with Gasteiger partial charge in [-0.2, -0.15) is 35.5 Å². The fourth-order valence-electron chi connectivity index (χ4n) is 5.06. The molecule has 0 saturated carbocycles. The smallest absolute Gasteiger partial charge is 1.00 e. The van der Waals surface area contributed by atoms with Crippen molar-refractivity contribution < 1.29 is 51.0 Å². The molecule has 1 aliphatic heterocycles. The van der Waals surface area contributed by atoms with Gasteiger partial charge in [0.25, 0.3) is 0 Å². The summed E-state index contributed by atoms with van der Waals surface area (Å²) in [6.07, 6.45) is 6.07. The second-order valence-corrected chi connectivity index (χ2v) is 10.6. The molecule has 0 unspecified atom stereocenters. The molecule has 5 aromatic rings. The summed E-state index contributed by atoms with van der Waals surface area (Å²) in [5.74, 6) is 0. The Labute approximate surface area is 262 Å². The molecule has 1 heterocycles. The van der Waals surface area contributed by atoms with Crippen LogP contribution in [0.25, 0.3) is 33.0 Å². The maximum absolute atomic E-state index is 3.31. The normalized spacial score (nSPS) is 10.7. The van der Waals surface area contributed by atoms with E-state index in [2.05, 4.69) is 111 Å². The van der Waals surface area contributed by atoms with Crippen molar-refractivity contribution >= 4 is 30.7 Å². The molecule has 4 heteroatoms. The van der Waals surface area contributed by atoms with E-state index in [4.69, 9.17) is 0 Å². The van der Waals surface area contributed by atoms with Gasteiger partial charge in [0.2, 0.25) is 0 Å². The molecule has 0 spiro atoms. The number of unbranched alkanes of at least 4 members (excludes halogenated alkanes) is 1. The molecule has 0 aromatic heterocycles. The summed E-state index contributed by atoms with van der Waals surface area (Å²) in [5, 5.41) is 5.65. The number of hydrogen-bond donors (Lipinski definition) is 0. The third-order valence-electron chi connectivity index (χ3n) is 6.77. The Kier molecular flexibility index (Phi) is 13.4. The van der Waals surface area contributed by atoms with Crippen LogP contribution in [0.5, 0.6) is 0 Å². The molecule has 0 aliphatic carbocycles. The van der Waals surface area contributed by atoms with Crippen molar-refractivity contribution in [3.05, 3.63) is 114 Å². The fraction of sp³-hybridized carbons (Fsp3) is 0.206. The van der Waals surface area contributed by atoms with E-state index < -0.39 is 0 Å². The molecule has 0 bridgehead atoms. The van der Waals surface area contributed by atoms with Crippen LogP contribution >= 0.6 is 0 Å². The maximum Gasteiger partial charge on any atom is 4.00 e. The van der Waals surface area contributed by atoms with Crippen LogP contribution in [0, 0.1) is 6.07 Å². The van der Waals surface area contributed by atoms with E-state index in [9.17, 15) is 0 Å². The second kappa shape index (κ2) is 15.7. The van der Waals surface area contributed by atoms with Gasteiger partial charge in [0.15, 0.2) is 0 Å². The maximum atomic E-state index is 3.31. The third-order valence-corrected chi connectivity index (χ3v) is 8.14. The van der Waals surface area contributed by atoms with Crippen molar-refractivity contribution in [2.24, 2.45) is 0 Å². The predicted molar refractivity (Wildman–Crippen MR) is 153 cm³/mol. The van der Waals surface area contributed by atoms with Crippen LogP contribution in [0.2, 0.25) is 0 Å². The molecule has 5 aromatic carbocycles. The van der Waals surface area contributed by atoms with E-state index >= 15 is 0 Å². The van der Waals surface area contributed by atoms with Gasteiger partial charge >= 0.3 is 26.2 Å². The summed E-state index contributed by atoms with van der Waals surface area (Å²) in [5.41, 5.74) is 8.53. The molecule has 38 heavy (non-hydrogen) atoms. The van der Waals surface area contributed by atoms with Crippen molar-refractivity contribution in [1.82, 2.24) is 0 Å². The minimum absolute atomic E-state index is 0. The van der Waals surface area contributed by atoms with E-state index in [1.807, 2.05) is 6.07 Å². The van der Waals surface area contributed by atoms with Gasteiger partial charge in [0.1, 0.15) is 0 Å². The van der Waals surface area contributed by atoms with Gasteiger partial charge < -0.3 is 24.8 Å². The summed E-state index contributed by atoms with van der Waals surface area (Å²) < 4.78 is 0. The molecule has 190 valence electrons. The first-order chi connectivity index (χ1) is 17.3. The molecule has 1 aliphatic rings. The molecule has 0 atom stereocenters. The summed E-state index contributed by atoms with van der Waals surface area (Å²) >= 11 is 0. The fourth-order valence-corrected chi connectivity index (χ4v) is 6.37. The van der Waals surface area contributed by atoms with Gasteiger partial charge in [-0.3, -0.25) is 0 Å². The van der Waals surface area contributed by atoms with Crippen LogP contribution in [0.1, 0.15) is 44.2 Å². The van der Waals surface area contributed by atoms with Crippen LogP contribution in [-0.4, -0.2) is 9.52 Å². The summed E-state index contributed by atoms with van der Waals surface area (Å²) in [6.45, 7) is 4.52. The van der Waals surface area contributed by atoms with Gasteiger partial charge in [-0.1, -0.05) is 110 Å². The molecule has 0 fully saturated rings. The van der Waals surface area contributed by atoms with Crippen LogP contribution in [0.3, 0.4) is 0 Å². The standard InChI is InChI=1S/C22H25.C12H7Si.2ClH.Zr/c1-3-5-10-17-15-20-14-13-18(9-4-2)22(21(20)16-17)19-11-7-6-8-12-19;1-3-7-11-9(5-1)10-6-2-4-8-12(10)13-11;;;/h6-8,11-16H,3-5,9-10H2,1-2H3;1-7H;2*1H;/q2*-1;;;+4/p-2. The van der Waals surface area contributed by atoms with Crippen molar-refractivity contribution in [2.75, 3.05) is 0 Å². The van der Waals surface area contributed by atoms with Crippen LogP contribution in [0.15, 0.2) is 97.1 Å². The quantitative estimate of drug-likeness (QED) is 0.194. The van der Waals surface area contributed by atoms with E-state index in [0.29, 0.717) is 0 Å². The Morgan fingerprint density at radius 1 is 0.763 bits per heavy atom. The zero-order valence-electron chi connectivity index (χ0n) is 22.0. The molecular weight excluding hydrogens is 599 g/mol. The van der Waals surface area contributed by atoms with E-state index in [1.54, 1.807) is 0 Å². The first-order valence-electron chi connectivity index (χ1n) is 12.9. The van der Waals surface area contributed by atoms with Crippen molar-refractivity contribution in [3.8, 4) is 22.3 Å². The summed E-state index contributed by atoms with van der Waals surface area (Å²) in [4.78, 5) is 0. The van der Waals surface area contributed by atoms with Crippen molar-refractivity contribution in [1.29, 1.82) is 0 Å². The predicted octanol–water partition coefficient (Wildman–Crippen LogP) is 1.65. The number of rotatable bonds is 6. The van der Waals surface area contributed by atoms with E-state index in [0.717, 1.165) is 15.9 Å². The Morgan fingerprint density at radius 3 is 2.26 bits per heavy atom. The first-order valence-corrected chi connectivity index (χ1v) is 13.9. The third kappa shape index (κ3) is 7.22. The number of aryl methyl sites for hydroxylation is 2. The van der Waals surface area contributed by atoms with Gasteiger partial charge in [0.05, 0.1) is 9.52 Å². The average molecular weight is 631 g/mol. The van der Waals surface area contributed by atoms with Gasteiger partial charge in [0, 0.05) is 0 Å². The van der Waals surface area contributed by atoms with Crippen LogP contribution < -0.4 is 35.2 Å². The zero-order valence-corrected chi connectivity index (χ0v) is 27.0. The zero-order chi connectivity index (χ0) is 24.0. The largest absolute Gasteiger partial charge is 4.00 e. The Bertz CT molecular complexity index is 1380. The van der Waals surface area contributed by atoms with Crippen molar-refractivity contribution in [2.45, 2.75) is 46.0 Å².